The minimum absolute atomic E-state index is 0.0168. The first-order chi connectivity index (χ1) is 14.1. The van der Waals surface area contributed by atoms with Crippen molar-refractivity contribution in [2.24, 2.45) is 11.8 Å². The normalized spacial score (nSPS) is 25.2. The number of halogens is 1. The van der Waals surface area contributed by atoms with Crippen molar-refractivity contribution in [2.75, 3.05) is 31.1 Å². The van der Waals surface area contributed by atoms with E-state index in [1.165, 1.54) is 0 Å². The highest BCUT2D eigenvalue weighted by molar-refractivity contribution is 6.30. The van der Waals surface area contributed by atoms with Gasteiger partial charge in [-0.15, -0.1) is 0 Å². The minimum atomic E-state index is -0.248. The average Bonchev–Trinajstić information content (AvgIpc) is 3.30. The van der Waals surface area contributed by atoms with Crippen LogP contribution in [0.5, 0.6) is 0 Å². The molecule has 0 aliphatic carbocycles. The Morgan fingerprint density at radius 1 is 1.10 bits per heavy atom. The molecule has 0 bridgehead atoms. The summed E-state index contributed by atoms with van der Waals surface area (Å²) in [4.78, 5) is 38.2. The molecule has 8 heteroatoms. The van der Waals surface area contributed by atoms with Crippen molar-refractivity contribution in [1.82, 2.24) is 20.2 Å². The quantitative estimate of drug-likeness (QED) is 0.817. The van der Waals surface area contributed by atoms with E-state index in [0.717, 1.165) is 19.4 Å². The Morgan fingerprint density at radius 2 is 1.79 bits per heavy atom. The molecular weight excluding hydrogens is 390 g/mol. The smallest absolute Gasteiger partial charge is 0.253 e. The van der Waals surface area contributed by atoms with Gasteiger partial charge < -0.3 is 15.1 Å². The lowest BCUT2D eigenvalue weighted by atomic mass is 9.75. The maximum absolute atomic E-state index is 12.8. The number of nitrogens with one attached hydrogen (secondary N) is 1. The van der Waals surface area contributed by atoms with Crippen LogP contribution in [0.2, 0.25) is 5.02 Å². The van der Waals surface area contributed by atoms with Crippen molar-refractivity contribution >= 4 is 29.4 Å². The molecule has 7 nitrogen and oxygen atoms in total. The molecule has 1 N–H and O–H groups in total. The summed E-state index contributed by atoms with van der Waals surface area (Å²) in [5.41, 5.74) is 0.397. The first kappa shape index (κ1) is 18.4. The zero-order valence-electron chi connectivity index (χ0n) is 15.9. The second kappa shape index (κ2) is 6.99. The van der Waals surface area contributed by atoms with Crippen LogP contribution in [0, 0.1) is 11.8 Å². The fourth-order valence-electron chi connectivity index (χ4n) is 5.06. The number of hydrogen-bond donors (Lipinski definition) is 1. The summed E-state index contributed by atoms with van der Waals surface area (Å²) in [5.74, 6) is 0.984. The molecule has 1 spiro atoms. The Morgan fingerprint density at radius 3 is 2.48 bits per heavy atom. The first-order valence-electron chi connectivity index (χ1n) is 9.95. The molecule has 3 saturated heterocycles. The largest absolute Gasteiger partial charge is 0.350 e. The highest BCUT2D eigenvalue weighted by Gasteiger charge is 2.57. The van der Waals surface area contributed by atoms with Crippen LogP contribution >= 0.6 is 11.6 Å². The minimum Gasteiger partial charge on any atom is -0.350 e. The Bertz CT molecular complexity index is 928. The van der Waals surface area contributed by atoms with Gasteiger partial charge in [0.2, 0.25) is 11.9 Å². The predicted molar refractivity (Wildman–Crippen MR) is 109 cm³/mol. The second-order valence-electron chi connectivity index (χ2n) is 8.11. The van der Waals surface area contributed by atoms with Gasteiger partial charge in [0, 0.05) is 60.6 Å². The van der Waals surface area contributed by atoms with E-state index in [-0.39, 0.29) is 29.2 Å². The monoisotopic (exact) mass is 411 g/mol. The molecule has 2 amide bonds. The van der Waals surface area contributed by atoms with Crippen LogP contribution in [0.3, 0.4) is 0 Å². The molecule has 1 aromatic carbocycles. The third kappa shape index (κ3) is 3.13. The number of benzene rings is 1. The topological polar surface area (TPSA) is 78.4 Å². The van der Waals surface area contributed by atoms with E-state index >= 15 is 0 Å². The van der Waals surface area contributed by atoms with Gasteiger partial charge in [-0.3, -0.25) is 9.59 Å². The number of likely N-dealkylation sites (tertiary alicyclic amines) is 1. The van der Waals surface area contributed by atoms with E-state index < -0.39 is 0 Å². The molecule has 2 aromatic rings. The zero-order valence-corrected chi connectivity index (χ0v) is 16.7. The summed E-state index contributed by atoms with van der Waals surface area (Å²) < 4.78 is 0. The summed E-state index contributed by atoms with van der Waals surface area (Å²) >= 11 is 5.93. The van der Waals surface area contributed by atoms with Crippen LogP contribution in [0.25, 0.3) is 0 Å². The Balaban J connectivity index is 1.29. The number of fused-ring (bicyclic) bond motifs is 2. The predicted octanol–water partition coefficient (Wildman–Crippen LogP) is 1.99. The maximum atomic E-state index is 12.8. The zero-order chi connectivity index (χ0) is 20.0. The number of amides is 2. The van der Waals surface area contributed by atoms with E-state index in [2.05, 4.69) is 20.2 Å². The number of nitrogens with zero attached hydrogens (tertiary/aromatic N) is 4. The Labute approximate surface area is 174 Å². The fraction of sp³-hybridized carbons (Fsp3) is 0.429. The highest BCUT2D eigenvalue weighted by Crippen LogP contribution is 2.44. The maximum Gasteiger partial charge on any atom is 0.253 e. The highest BCUT2D eigenvalue weighted by atomic mass is 35.5. The molecule has 150 valence electrons. The number of anilines is 1. The van der Waals surface area contributed by atoms with Crippen LogP contribution in [0.15, 0.2) is 42.7 Å². The summed E-state index contributed by atoms with van der Waals surface area (Å²) in [6.45, 7) is 2.67. The van der Waals surface area contributed by atoms with Crippen molar-refractivity contribution in [2.45, 2.75) is 18.4 Å². The third-order valence-corrected chi connectivity index (χ3v) is 6.86. The van der Waals surface area contributed by atoms with Gasteiger partial charge in [-0.2, -0.15) is 0 Å². The first-order valence-corrected chi connectivity index (χ1v) is 10.3. The summed E-state index contributed by atoms with van der Waals surface area (Å²) in [5, 5.41) is 3.91. The van der Waals surface area contributed by atoms with Gasteiger partial charge in [0.05, 0.1) is 5.92 Å². The summed E-state index contributed by atoms with van der Waals surface area (Å²) in [7, 11) is 0. The standard InChI is InChI=1S/C21H22ClN5O2/c22-15-4-2-14(3-5-15)19(29)26-10-6-21(7-11-26)17-13-27(12-16(17)18(28)25-21)20-23-8-1-9-24-20/h1-5,8-9,16-17H,6-7,10-13H2,(H,25,28)/t16-,17+/m0/s1. The molecule has 3 fully saturated rings. The van der Waals surface area contributed by atoms with Gasteiger partial charge in [0.15, 0.2) is 0 Å². The second-order valence-corrected chi connectivity index (χ2v) is 8.55. The van der Waals surface area contributed by atoms with Crippen LogP contribution in [-0.2, 0) is 4.79 Å². The SMILES string of the molecule is O=C1NC2(CCN(C(=O)c3ccc(Cl)cc3)CC2)[C@@H]2CN(c3ncccn3)C[C@H]12. The van der Waals surface area contributed by atoms with Crippen molar-refractivity contribution in [3.05, 3.63) is 53.3 Å². The molecule has 0 saturated carbocycles. The number of rotatable bonds is 2. The van der Waals surface area contributed by atoms with Gasteiger partial charge in [0.1, 0.15) is 0 Å². The molecule has 4 heterocycles. The van der Waals surface area contributed by atoms with Crippen molar-refractivity contribution < 1.29 is 9.59 Å². The van der Waals surface area contributed by atoms with Crippen molar-refractivity contribution in [1.29, 1.82) is 0 Å². The van der Waals surface area contributed by atoms with E-state index in [1.54, 1.807) is 42.7 Å². The van der Waals surface area contributed by atoms with Crippen LogP contribution < -0.4 is 10.2 Å². The average molecular weight is 412 g/mol. The third-order valence-electron chi connectivity index (χ3n) is 6.61. The lowest BCUT2D eigenvalue weighted by molar-refractivity contribution is -0.122. The van der Waals surface area contributed by atoms with Crippen molar-refractivity contribution in [3.8, 4) is 0 Å². The van der Waals surface area contributed by atoms with E-state index in [9.17, 15) is 9.59 Å². The molecule has 29 heavy (non-hydrogen) atoms. The van der Waals surface area contributed by atoms with Crippen LogP contribution in [0.1, 0.15) is 23.2 Å². The van der Waals surface area contributed by atoms with Gasteiger partial charge in [-0.1, -0.05) is 11.6 Å². The molecule has 1 aromatic heterocycles. The summed E-state index contributed by atoms with van der Waals surface area (Å²) in [6, 6.07) is 8.79. The molecule has 3 aliphatic heterocycles. The van der Waals surface area contributed by atoms with E-state index in [4.69, 9.17) is 11.6 Å². The molecule has 0 radical (unpaired) electrons. The molecular formula is C21H22ClN5O2. The Hall–Kier alpha value is -2.67. The van der Waals surface area contributed by atoms with Gasteiger partial charge >= 0.3 is 0 Å². The molecule has 3 aliphatic rings. The lowest BCUT2D eigenvalue weighted by Gasteiger charge is -2.42. The van der Waals surface area contributed by atoms with E-state index in [0.29, 0.717) is 36.2 Å². The molecule has 5 rings (SSSR count). The number of hydrogen-bond acceptors (Lipinski definition) is 5. The Kier molecular flexibility index (Phi) is 4.42. The van der Waals surface area contributed by atoms with Gasteiger partial charge in [-0.05, 0) is 43.2 Å². The molecule has 2 atom stereocenters. The van der Waals surface area contributed by atoms with Crippen LogP contribution in [0.4, 0.5) is 5.95 Å². The number of piperidine rings is 1. The van der Waals surface area contributed by atoms with Gasteiger partial charge in [0.25, 0.3) is 5.91 Å². The molecule has 0 unspecified atom stereocenters. The summed E-state index contributed by atoms with van der Waals surface area (Å²) in [6.07, 6.45) is 4.99. The number of carbonyl (C=O) groups excluding carboxylic acids is 2. The lowest BCUT2D eigenvalue weighted by Crippen LogP contribution is -2.56. The fourth-order valence-corrected chi connectivity index (χ4v) is 5.18. The van der Waals surface area contributed by atoms with Crippen LogP contribution in [-0.4, -0.2) is 58.4 Å². The van der Waals surface area contributed by atoms with Crippen molar-refractivity contribution in [3.63, 3.8) is 0 Å². The van der Waals surface area contributed by atoms with E-state index in [1.807, 2.05) is 4.90 Å². The number of aromatic nitrogens is 2. The number of carbonyl (C=O) groups is 2. The van der Waals surface area contributed by atoms with Gasteiger partial charge in [-0.25, -0.2) is 9.97 Å².